The number of alkyl halides is 1. The van der Waals surface area contributed by atoms with Gasteiger partial charge in [0.1, 0.15) is 0 Å². The van der Waals surface area contributed by atoms with Crippen molar-refractivity contribution in [2.24, 2.45) is 5.41 Å². The van der Waals surface area contributed by atoms with Crippen LogP contribution in [0, 0.1) is 19.3 Å². The van der Waals surface area contributed by atoms with Crippen LogP contribution in [0.4, 0.5) is 0 Å². The second-order valence-corrected chi connectivity index (χ2v) is 5.16. The second-order valence-electron chi connectivity index (χ2n) is 4.89. The minimum absolute atomic E-state index is 0.198. The average molecular weight is 211 g/mol. The summed E-state index contributed by atoms with van der Waals surface area (Å²) in [5.74, 6) is 0.708. The van der Waals surface area contributed by atoms with Crippen LogP contribution in [0.25, 0.3) is 0 Å². The molecular weight excluding hydrogens is 192 g/mol. The van der Waals surface area contributed by atoms with Crippen molar-refractivity contribution in [2.75, 3.05) is 5.88 Å². The zero-order chi connectivity index (χ0) is 10.8. The van der Waals surface area contributed by atoms with E-state index in [0.29, 0.717) is 5.88 Å². The van der Waals surface area contributed by atoms with Gasteiger partial charge in [0.05, 0.1) is 0 Å². The summed E-state index contributed by atoms with van der Waals surface area (Å²) in [4.78, 5) is 0. The highest BCUT2D eigenvalue weighted by Crippen LogP contribution is 2.24. The van der Waals surface area contributed by atoms with Crippen molar-refractivity contribution >= 4 is 11.6 Å². The van der Waals surface area contributed by atoms with Crippen LogP contribution in [0.2, 0.25) is 0 Å². The Morgan fingerprint density at radius 2 is 1.79 bits per heavy atom. The van der Waals surface area contributed by atoms with Gasteiger partial charge in [-0.05, 0) is 42.4 Å². The first-order chi connectivity index (χ1) is 6.44. The molecule has 1 heteroatoms. The molecule has 0 spiro atoms. The first-order valence-electron chi connectivity index (χ1n) is 5.07. The molecule has 0 unspecified atom stereocenters. The second kappa shape index (κ2) is 4.35. The minimum atomic E-state index is 0.198. The molecule has 0 nitrogen and oxygen atoms in total. The van der Waals surface area contributed by atoms with Gasteiger partial charge in [-0.2, -0.15) is 0 Å². The zero-order valence-corrected chi connectivity index (χ0v) is 10.3. The van der Waals surface area contributed by atoms with Crippen molar-refractivity contribution in [3.8, 4) is 0 Å². The summed E-state index contributed by atoms with van der Waals surface area (Å²) in [7, 11) is 0. The van der Waals surface area contributed by atoms with Gasteiger partial charge in [-0.25, -0.2) is 0 Å². The van der Waals surface area contributed by atoms with Gasteiger partial charge in [-0.15, -0.1) is 11.6 Å². The van der Waals surface area contributed by atoms with Crippen LogP contribution < -0.4 is 0 Å². The van der Waals surface area contributed by atoms with Gasteiger partial charge >= 0.3 is 0 Å². The molecule has 14 heavy (non-hydrogen) atoms. The third kappa shape index (κ3) is 3.02. The molecule has 0 fully saturated rings. The lowest BCUT2D eigenvalue weighted by Gasteiger charge is -2.21. The van der Waals surface area contributed by atoms with Crippen LogP contribution in [0.1, 0.15) is 30.5 Å². The van der Waals surface area contributed by atoms with Gasteiger partial charge in [0, 0.05) is 5.88 Å². The maximum atomic E-state index is 5.91. The van der Waals surface area contributed by atoms with Crippen molar-refractivity contribution in [1.29, 1.82) is 0 Å². The molecule has 0 aliphatic heterocycles. The smallest absolute Gasteiger partial charge is 0.0277 e. The van der Waals surface area contributed by atoms with E-state index >= 15 is 0 Å². The molecule has 0 bridgehead atoms. The normalized spacial score (nSPS) is 11.8. The lowest BCUT2D eigenvalue weighted by atomic mass is 9.87. The molecule has 0 saturated carbocycles. The Kier molecular flexibility index (Phi) is 3.60. The fraction of sp³-hybridized carbons (Fsp3) is 0.538. The quantitative estimate of drug-likeness (QED) is 0.659. The van der Waals surface area contributed by atoms with E-state index in [-0.39, 0.29) is 5.41 Å². The molecule has 1 aromatic rings. The molecule has 0 aliphatic carbocycles. The highest BCUT2D eigenvalue weighted by Gasteiger charge is 2.16. The predicted octanol–water partition coefficient (Wildman–Crippen LogP) is 4.11. The minimum Gasteiger partial charge on any atom is -0.126 e. The van der Waals surface area contributed by atoms with E-state index in [1.54, 1.807) is 0 Å². The topological polar surface area (TPSA) is 0 Å². The third-order valence-corrected chi connectivity index (χ3v) is 3.34. The van der Waals surface area contributed by atoms with Gasteiger partial charge in [0.25, 0.3) is 0 Å². The van der Waals surface area contributed by atoms with Gasteiger partial charge < -0.3 is 0 Å². The van der Waals surface area contributed by atoms with Crippen molar-refractivity contribution in [1.82, 2.24) is 0 Å². The van der Waals surface area contributed by atoms with E-state index in [0.717, 1.165) is 6.42 Å². The maximum absolute atomic E-state index is 5.91. The average Bonchev–Trinajstić information content (AvgIpc) is 2.11. The highest BCUT2D eigenvalue weighted by molar-refractivity contribution is 6.18. The van der Waals surface area contributed by atoms with Gasteiger partial charge in [0.15, 0.2) is 0 Å². The molecular formula is C13H19Cl. The van der Waals surface area contributed by atoms with Crippen LogP contribution in [-0.4, -0.2) is 5.88 Å². The van der Waals surface area contributed by atoms with Gasteiger partial charge in [0.2, 0.25) is 0 Å². The number of rotatable bonds is 3. The van der Waals surface area contributed by atoms with E-state index < -0.39 is 0 Å². The number of benzene rings is 1. The molecule has 0 aliphatic rings. The molecule has 0 heterocycles. The number of hydrogen-bond donors (Lipinski definition) is 0. The van der Waals surface area contributed by atoms with Crippen LogP contribution in [-0.2, 0) is 6.42 Å². The van der Waals surface area contributed by atoms with E-state index in [1.165, 1.54) is 16.7 Å². The molecule has 0 saturated heterocycles. The molecule has 0 aromatic heterocycles. The van der Waals surface area contributed by atoms with Crippen LogP contribution >= 0.6 is 11.6 Å². The van der Waals surface area contributed by atoms with Crippen molar-refractivity contribution in [3.63, 3.8) is 0 Å². The van der Waals surface area contributed by atoms with Gasteiger partial charge in [-0.1, -0.05) is 32.0 Å². The van der Waals surface area contributed by atoms with E-state index in [1.807, 2.05) is 0 Å². The Labute approximate surface area is 92.3 Å². The lowest BCUT2D eigenvalue weighted by molar-refractivity contribution is 0.418. The molecule has 0 atom stereocenters. The Bertz CT molecular complexity index is 313. The SMILES string of the molecule is Cc1ccc(CC(C)(C)CCl)cc1C. The monoisotopic (exact) mass is 210 g/mol. The summed E-state index contributed by atoms with van der Waals surface area (Å²) in [6, 6.07) is 6.66. The molecule has 0 N–H and O–H groups in total. The predicted molar refractivity (Wildman–Crippen MR) is 64.1 cm³/mol. The van der Waals surface area contributed by atoms with Crippen molar-refractivity contribution in [3.05, 3.63) is 34.9 Å². The molecule has 1 aromatic carbocycles. The van der Waals surface area contributed by atoms with E-state index in [2.05, 4.69) is 45.9 Å². The standard InChI is InChI=1S/C13H19Cl/c1-10-5-6-12(7-11(10)2)8-13(3,4)9-14/h5-7H,8-9H2,1-4H3. The van der Waals surface area contributed by atoms with Crippen molar-refractivity contribution in [2.45, 2.75) is 34.1 Å². The first kappa shape index (κ1) is 11.6. The Morgan fingerprint density at radius 3 is 2.29 bits per heavy atom. The molecule has 0 amide bonds. The molecule has 78 valence electrons. The summed E-state index contributed by atoms with van der Waals surface area (Å²) >= 11 is 5.91. The number of hydrogen-bond acceptors (Lipinski definition) is 0. The van der Waals surface area contributed by atoms with Crippen molar-refractivity contribution < 1.29 is 0 Å². The maximum Gasteiger partial charge on any atom is 0.0277 e. The Hall–Kier alpha value is -0.490. The fourth-order valence-electron chi connectivity index (χ4n) is 1.51. The van der Waals surface area contributed by atoms with Crippen LogP contribution in [0.5, 0.6) is 0 Å². The van der Waals surface area contributed by atoms with Gasteiger partial charge in [-0.3, -0.25) is 0 Å². The van der Waals surface area contributed by atoms with E-state index in [9.17, 15) is 0 Å². The summed E-state index contributed by atoms with van der Waals surface area (Å²) < 4.78 is 0. The fourth-order valence-corrected chi connectivity index (χ4v) is 1.61. The van der Waals surface area contributed by atoms with E-state index in [4.69, 9.17) is 11.6 Å². The largest absolute Gasteiger partial charge is 0.126 e. The number of aryl methyl sites for hydroxylation is 2. The summed E-state index contributed by atoms with van der Waals surface area (Å²) in [5, 5.41) is 0. The summed E-state index contributed by atoms with van der Waals surface area (Å²) in [5.41, 5.74) is 4.31. The van der Waals surface area contributed by atoms with Crippen LogP contribution in [0.3, 0.4) is 0 Å². The molecule has 0 radical (unpaired) electrons. The Balaban J connectivity index is 2.83. The molecule has 1 rings (SSSR count). The lowest BCUT2D eigenvalue weighted by Crippen LogP contribution is -2.16. The zero-order valence-electron chi connectivity index (χ0n) is 9.52. The third-order valence-electron chi connectivity index (χ3n) is 2.62. The first-order valence-corrected chi connectivity index (χ1v) is 5.60. The highest BCUT2D eigenvalue weighted by atomic mass is 35.5. The summed E-state index contributed by atoms with van der Waals surface area (Å²) in [6.45, 7) is 8.71. The summed E-state index contributed by atoms with van der Waals surface area (Å²) in [6.07, 6.45) is 1.05. The number of halogens is 1. The van der Waals surface area contributed by atoms with Crippen LogP contribution in [0.15, 0.2) is 18.2 Å². The Morgan fingerprint density at radius 1 is 1.14 bits per heavy atom.